The predicted octanol–water partition coefficient (Wildman–Crippen LogP) is 2.77. The van der Waals surface area contributed by atoms with Crippen LogP contribution < -0.4 is 0 Å². The maximum absolute atomic E-state index is 15.5. The zero-order valence-corrected chi connectivity index (χ0v) is 18.9. The predicted molar refractivity (Wildman–Crippen MR) is 110 cm³/mol. The fraction of sp³-hybridized carbons (Fsp3) is 0.875. The molecule has 0 amide bonds. The van der Waals surface area contributed by atoms with Crippen LogP contribution in [0.4, 0.5) is 4.39 Å². The monoisotopic (exact) mass is 438 g/mol. The van der Waals surface area contributed by atoms with Gasteiger partial charge in [0.25, 0.3) is 0 Å². The van der Waals surface area contributed by atoms with E-state index in [0.717, 1.165) is 0 Å². The first-order valence-corrected chi connectivity index (χ1v) is 11.6. The van der Waals surface area contributed by atoms with E-state index in [-0.39, 0.29) is 42.3 Å². The lowest BCUT2D eigenvalue weighted by molar-refractivity contribution is -0.238. The number of hydrogen-bond acceptors (Lipinski definition) is 6. The van der Waals surface area contributed by atoms with E-state index in [9.17, 15) is 24.6 Å². The van der Waals surface area contributed by atoms with E-state index in [1.165, 1.54) is 6.92 Å². The number of fused-ring (bicyclic) bond motifs is 5. The molecule has 4 aliphatic carbocycles. The Kier molecular flexibility index (Phi) is 5.21. The van der Waals surface area contributed by atoms with Gasteiger partial charge in [0, 0.05) is 30.6 Å². The summed E-state index contributed by atoms with van der Waals surface area (Å²) in [4.78, 5) is 36.4. The van der Waals surface area contributed by atoms with Gasteiger partial charge in [0.2, 0.25) is 5.78 Å². The van der Waals surface area contributed by atoms with Crippen LogP contribution in [0, 0.1) is 34.5 Å². The van der Waals surface area contributed by atoms with Crippen molar-refractivity contribution in [2.45, 2.75) is 90.0 Å². The molecular weight excluding hydrogens is 403 g/mol. The molecule has 6 nitrogen and oxygen atoms in total. The number of alkyl halides is 1. The van der Waals surface area contributed by atoms with Crippen molar-refractivity contribution in [3.63, 3.8) is 0 Å². The molecule has 174 valence electrons. The Morgan fingerprint density at radius 1 is 1.13 bits per heavy atom. The van der Waals surface area contributed by atoms with E-state index in [4.69, 9.17) is 4.74 Å². The van der Waals surface area contributed by atoms with Gasteiger partial charge in [-0.05, 0) is 55.8 Å². The summed E-state index contributed by atoms with van der Waals surface area (Å²) in [7, 11) is 0. The highest BCUT2D eigenvalue weighted by atomic mass is 19.1. The van der Waals surface area contributed by atoms with Gasteiger partial charge >= 0.3 is 5.97 Å². The molecule has 2 N–H and O–H groups in total. The number of aliphatic hydroxyl groups is 2. The molecule has 0 aromatic carbocycles. The summed E-state index contributed by atoms with van der Waals surface area (Å²) in [5.41, 5.74) is -4.72. The quantitative estimate of drug-likeness (QED) is 0.657. The van der Waals surface area contributed by atoms with Crippen LogP contribution >= 0.6 is 0 Å². The summed E-state index contributed by atoms with van der Waals surface area (Å²) in [6, 6.07) is 0. The average Bonchev–Trinajstić information content (AvgIpc) is 2.90. The zero-order chi connectivity index (χ0) is 23.0. The van der Waals surface area contributed by atoms with E-state index < -0.39 is 46.6 Å². The summed E-state index contributed by atoms with van der Waals surface area (Å²) in [6.07, 6.45) is 1.15. The Hall–Kier alpha value is -1.34. The van der Waals surface area contributed by atoms with Gasteiger partial charge in [-0.15, -0.1) is 0 Å². The lowest BCUT2D eigenvalue weighted by Crippen LogP contribution is -2.68. The molecule has 0 unspecified atom stereocenters. The van der Waals surface area contributed by atoms with Gasteiger partial charge in [0.1, 0.15) is 23.2 Å². The van der Waals surface area contributed by atoms with Crippen molar-refractivity contribution in [2.75, 3.05) is 6.61 Å². The molecule has 9 atom stereocenters. The second kappa shape index (κ2) is 7.08. The molecule has 0 bridgehead atoms. The summed E-state index contributed by atoms with van der Waals surface area (Å²) in [5.74, 6) is -1.61. The van der Waals surface area contributed by atoms with Crippen molar-refractivity contribution < 1.29 is 33.7 Å². The van der Waals surface area contributed by atoms with Gasteiger partial charge in [0.15, 0.2) is 6.61 Å². The van der Waals surface area contributed by atoms with Crippen molar-refractivity contribution >= 4 is 17.5 Å². The molecule has 0 saturated heterocycles. The number of ether oxygens (including phenoxy) is 1. The minimum absolute atomic E-state index is 0.0359. The molecule has 0 aliphatic heterocycles. The molecule has 0 spiro atoms. The highest BCUT2D eigenvalue weighted by molar-refractivity contribution is 5.91. The molecule has 4 rings (SSSR count). The Bertz CT molecular complexity index is 814. The molecular formula is C24H35FO6. The van der Waals surface area contributed by atoms with E-state index in [1.807, 2.05) is 20.8 Å². The third kappa shape index (κ3) is 2.84. The largest absolute Gasteiger partial charge is 0.458 e. The summed E-state index contributed by atoms with van der Waals surface area (Å²) in [5, 5.41) is 23.1. The number of ketones is 2. The highest BCUT2D eigenvalue weighted by Crippen LogP contribution is 2.70. The van der Waals surface area contributed by atoms with Gasteiger partial charge in [-0.3, -0.25) is 14.4 Å². The Morgan fingerprint density at radius 2 is 1.81 bits per heavy atom. The molecule has 7 heteroatoms. The molecule has 4 saturated carbocycles. The molecule has 0 heterocycles. The normalized spacial score (nSPS) is 51.5. The number of carbonyl (C=O) groups is 3. The van der Waals surface area contributed by atoms with Crippen LogP contribution in [-0.4, -0.2) is 51.7 Å². The number of carbonyl (C=O) groups excluding carboxylic acids is 3. The molecule has 4 aliphatic rings. The standard InChI is InChI=1S/C24H35FO6/c1-13-9-18-16-10-19(25)23(29)11-15(27)5-7-21(23,3)17(16)6-8-22(18,4)24(13,30)20(28)12-31-14(2)26/h13,16-19,29-30H,5-12H2,1-4H3/t13-,16-,17+,18+,19-,21-,22+,23+,24+/m1/s1. The first-order chi connectivity index (χ1) is 14.3. The van der Waals surface area contributed by atoms with Crippen LogP contribution in [0.25, 0.3) is 0 Å². The number of hydrogen-bond donors (Lipinski definition) is 2. The van der Waals surface area contributed by atoms with Crippen molar-refractivity contribution in [2.24, 2.45) is 34.5 Å². The van der Waals surface area contributed by atoms with Crippen molar-refractivity contribution in [3.05, 3.63) is 0 Å². The lowest BCUT2D eigenvalue weighted by atomic mass is 9.42. The van der Waals surface area contributed by atoms with Crippen LogP contribution in [0.3, 0.4) is 0 Å². The minimum atomic E-state index is -1.64. The van der Waals surface area contributed by atoms with Gasteiger partial charge in [-0.25, -0.2) is 4.39 Å². The first kappa shape index (κ1) is 22.8. The molecule has 0 radical (unpaired) electrons. The topological polar surface area (TPSA) is 101 Å². The van der Waals surface area contributed by atoms with E-state index >= 15 is 4.39 Å². The minimum Gasteiger partial charge on any atom is -0.458 e. The molecule has 0 aromatic rings. The summed E-state index contributed by atoms with van der Waals surface area (Å²) < 4.78 is 20.5. The van der Waals surface area contributed by atoms with E-state index in [0.29, 0.717) is 32.1 Å². The summed E-state index contributed by atoms with van der Waals surface area (Å²) >= 11 is 0. The van der Waals surface area contributed by atoms with Crippen LogP contribution in [0.5, 0.6) is 0 Å². The van der Waals surface area contributed by atoms with E-state index in [2.05, 4.69) is 0 Å². The maximum atomic E-state index is 15.5. The van der Waals surface area contributed by atoms with Crippen LogP contribution in [-0.2, 0) is 19.1 Å². The maximum Gasteiger partial charge on any atom is 0.303 e. The third-order valence-electron chi connectivity index (χ3n) is 10.0. The summed E-state index contributed by atoms with van der Waals surface area (Å²) in [6.45, 7) is 6.46. The first-order valence-electron chi connectivity index (χ1n) is 11.6. The Morgan fingerprint density at radius 3 is 2.45 bits per heavy atom. The molecule has 31 heavy (non-hydrogen) atoms. The van der Waals surface area contributed by atoms with E-state index in [1.54, 1.807) is 0 Å². The second-order valence-corrected chi connectivity index (χ2v) is 11.2. The number of rotatable bonds is 3. The fourth-order valence-corrected chi connectivity index (χ4v) is 8.24. The SMILES string of the molecule is CC(=O)OCC(=O)[C@@]1(O)[C@H](C)C[C@H]2[C@@H]3C[C@@H](F)[C@@]4(O)CC(=O)CC[C@]4(C)[C@H]3CC[C@@]21C. The lowest BCUT2D eigenvalue weighted by Gasteiger charge is -2.64. The second-order valence-electron chi connectivity index (χ2n) is 11.2. The number of Topliss-reactive ketones (excluding diaryl/α,β-unsaturated/α-hetero) is 2. The van der Waals surface area contributed by atoms with Crippen LogP contribution in [0.2, 0.25) is 0 Å². The molecule has 4 fully saturated rings. The van der Waals surface area contributed by atoms with Gasteiger partial charge < -0.3 is 14.9 Å². The molecule has 0 aromatic heterocycles. The van der Waals surface area contributed by atoms with Crippen molar-refractivity contribution in [3.8, 4) is 0 Å². The smallest absolute Gasteiger partial charge is 0.303 e. The Balaban J connectivity index is 1.68. The number of halogens is 1. The van der Waals surface area contributed by atoms with Gasteiger partial charge in [-0.1, -0.05) is 20.8 Å². The van der Waals surface area contributed by atoms with Gasteiger partial charge in [0.05, 0.1) is 0 Å². The number of esters is 1. The Labute approximate surface area is 182 Å². The fourth-order valence-electron chi connectivity index (χ4n) is 8.24. The van der Waals surface area contributed by atoms with Crippen molar-refractivity contribution in [1.29, 1.82) is 0 Å². The average molecular weight is 439 g/mol. The highest BCUT2D eigenvalue weighted by Gasteiger charge is 2.72. The third-order valence-corrected chi connectivity index (χ3v) is 10.0. The van der Waals surface area contributed by atoms with Crippen LogP contribution in [0.15, 0.2) is 0 Å². The van der Waals surface area contributed by atoms with Crippen LogP contribution in [0.1, 0.15) is 72.6 Å². The van der Waals surface area contributed by atoms with Crippen molar-refractivity contribution in [1.82, 2.24) is 0 Å². The van der Waals surface area contributed by atoms with Gasteiger partial charge in [-0.2, -0.15) is 0 Å². The zero-order valence-electron chi connectivity index (χ0n) is 18.9.